The molecule has 0 amide bonds. The van der Waals surface area contributed by atoms with Crippen LogP contribution in [0.5, 0.6) is 5.75 Å². The highest BCUT2D eigenvalue weighted by Crippen LogP contribution is 2.25. The molecule has 1 saturated carbocycles. The third-order valence-corrected chi connectivity index (χ3v) is 6.15. The van der Waals surface area contributed by atoms with Crippen molar-refractivity contribution < 1.29 is 13.2 Å². The Hall–Kier alpha value is -1.85. The lowest BCUT2D eigenvalue weighted by Gasteiger charge is -2.32. The van der Waals surface area contributed by atoms with E-state index in [1.807, 2.05) is 50.2 Å². The summed E-state index contributed by atoms with van der Waals surface area (Å²) in [5.74, 6) is 0.789. The molecule has 1 fully saturated rings. The fourth-order valence-electron chi connectivity index (χ4n) is 3.15. The number of nitrogens with one attached hydrogen (secondary N) is 1. The van der Waals surface area contributed by atoms with E-state index < -0.39 is 10.0 Å². The Morgan fingerprint density at radius 1 is 0.880 bits per heavy atom. The molecule has 0 radical (unpaired) electrons. The lowest BCUT2D eigenvalue weighted by molar-refractivity contribution is 0.125. The first kappa shape index (κ1) is 18.0. The van der Waals surface area contributed by atoms with E-state index in [0.29, 0.717) is 4.90 Å². The minimum atomic E-state index is -3.54. The number of hydrogen-bond acceptors (Lipinski definition) is 3. The molecule has 0 heterocycles. The van der Waals surface area contributed by atoms with Gasteiger partial charge in [-0.15, -0.1) is 0 Å². The van der Waals surface area contributed by atoms with Crippen LogP contribution in [0, 0.1) is 13.8 Å². The van der Waals surface area contributed by atoms with E-state index in [4.69, 9.17) is 4.74 Å². The third-order valence-electron chi connectivity index (χ3n) is 4.65. The molecule has 1 N–H and O–H groups in total. The van der Waals surface area contributed by atoms with Gasteiger partial charge < -0.3 is 4.74 Å². The molecule has 1 aliphatic rings. The molecule has 0 spiro atoms. The Morgan fingerprint density at radius 2 is 1.44 bits per heavy atom. The summed E-state index contributed by atoms with van der Waals surface area (Å²) in [4.78, 5) is 0.303. The third kappa shape index (κ3) is 4.61. The second-order valence-corrected chi connectivity index (χ2v) is 8.51. The lowest BCUT2D eigenvalue weighted by atomic mass is 9.93. The molecule has 2 atom stereocenters. The van der Waals surface area contributed by atoms with Crippen LogP contribution < -0.4 is 9.46 Å². The molecule has 25 heavy (non-hydrogen) atoms. The molecule has 0 bridgehead atoms. The minimum absolute atomic E-state index is 0.142. The summed E-state index contributed by atoms with van der Waals surface area (Å²) in [5.41, 5.74) is 2.21. The molecule has 1 aliphatic carbocycles. The lowest BCUT2D eigenvalue weighted by Crippen LogP contribution is -2.47. The maximum Gasteiger partial charge on any atom is 0.240 e. The van der Waals surface area contributed by atoms with Crippen LogP contribution in [0.2, 0.25) is 0 Å². The van der Waals surface area contributed by atoms with Crippen LogP contribution in [-0.4, -0.2) is 20.6 Å². The summed E-state index contributed by atoms with van der Waals surface area (Å²) in [7, 11) is -3.54. The number of benzene rings is 2. The predicted molar refractivity (Wildman–Crippen MR) is 99.4 cm³/mol. The molecular weight excluding hydrogens is 334 g/mol. The van der Waals surface area contributed by atoms with E-state index >= 15 is 0 Å². The summed E-state index contributed by atoms with van der Waals surface area (Å²) in [6, 6.07) is 14.6. The fraction of sp³-hybridized carbons (Fsp3) is 0.400. The molecule has 5 heteroatoms. The summed E-state index contributed by atoms with van der Waals surface area (Å²) < 4.78 is 34.3. The van der Waals surface area contributed by atoms with Gasteiger partial charge in [-0.25, -0.2) is 13.1 Å². The zero-order valence-electron chi connectivity index (χ0n) is 14.7. The van der Waals surface area contributed by atoms with Gasteiger partial charge in [-0.1, -0.05) is 41.8 Å². The molecule has 2 aromatic carbocycles. The highest BCUT2D eigenvalue weighted by Gasteiger charge is 2.31. The second-order valence-electron chi connectivity index (χ2n) is 6.79. The van der Waals surface area contributed by atoms with Gasteiger partial charge in [0.15, 0.2) is 0 Å². The Balaban J connectivity index is 1.74. The van der Waals surface area contributed by atoms with Crippen molar-refractivity contribution in [2.24, 2.45) is 0 Å². The summed E-state index contributed by atoms with van der Waals surface area (Å²) in [5, 5.41) is 0. The van der Waals surface area contributed by atoms with Crippen molar-refractivity contribution in [2.45, 2.75) is 56.6 Å². The standard InChI is InChI=1S/C20H25NO3S/c1-15-7-11-17(12-8-15)24-20-6-4-3-5-19(20)21-25(22,23)18-13-9-16(2)10-14-18/h7-14,19-21H,3-6H2,1-2H3/t19-,20-/m1/s1. The van der Waals surface area contributed by atoms with E-state index in [9.17, 15) is 8.42 Å². The van der Waals surface area contributed by atoms with Crippen molar-refractivity contribution in [2.75, 3.05) is 0 Å². The van der Waals surface area contributed by atoms with Gasteiger partial charge in [0.1, 0.15) is 11.9 Å². The van der Waals surface area contributed by atoms with Crippen LogP contribution in [0.1, 0.15) is 36.8 Å². The van der Waals surface area contributed by atoms with Crippen molar-refractivity contribution in [3.05, 3.63) is 59.7 Å². The average molecular weight is 359 g/mol. The number of hydrogen-bond donors (Lipinski definition) is 1. The molecule has 134 valence electrons. The van der Waals surface area contributed by atoms with E-state index in [2.05, 4.69) is 4.72 Å². The topological polar surface area (TPSA) is 55.4 Å². The Kier molecular flexibility index (Phi) is 5.45. The van der Waals surface area contributed by atoms with Crippen LogP contribution in [0.25, 0.3) is 0 Å². The highest BCUT2D eigenvalue weighted by molar-refractivity contribution is 7.89. The van der Waals surface area contributed by atoms with Crippen LogP contribution in [0.3, 0.4) is 0 Å². The van der Waals surface area contributed by atoms with Gasteiger partial charge in [0.05, 0.1) is 10.9 Å². The Labute approximate surface area is 150 Å². The van der Waals surface area contributed by atoms with E-state index in [1.165, 1.54) is 5.56 Å². The van der Waals surface area contributed by atoms with Gasteiger partial charge in [-0.05, 0) is 57.4 Å². The van der Waals surface area contributed by atoms with Gasteiger partial charge >= 0.3 is 0 Å². The van der Waals surface area contributed by atoms with E-state index in [1.54, 1.807) is 12.1 Å². The van der Waals surface area contributed by atoms with Gasteiger partial charge in [-0.2, -0.15) is 0 Å². The average Bonchev–Trinajstić information content (AvgIpc) is 2.59. The van der Waals surface area contributed by atoms with Crippen molar-refractivity contribution >= 4 is 10.0 Å². The molecule has 3 rings (SSSR count). The molecular formula is C20H25NO3S. The van der Waals surface area contributed by atoms with Crippen molar-refractivity contribution in [3.8, 4) is 5.75 Å². The molecule has 0 saturated heterocycles. The number of ether oxygens (including phenoxy) is 1. The van der Waals surface area contributed by atoms with Crippen molar-refractivity contribution in [1.29, 1.82) is 0 Å². The fourth-order valence-corrected chi connectivity index (χ4v) is 4.45. The van der Waals surface area contributed by atoms with Gasteiger partial charge in [0, 0.05) is 0 Å². The molecule has 0 aliphatic heterocycles. The molecule has 0 aromatic heterocycles. The zero-order valence-corrected chi connectivity index (χ0v) is 15.6. The summed E-state index contributed by atoms with van der Waals surface area (Å²) in [6.45, 7) is 3.97. The monoisotopic (exact) mass is 359 g/mol. The van der Waals surface area contributed by atoms with Crippen LogP contribution in [0.4, 0.5) is 0 Å². The van der Waals surface area contributed by atoms with Crippen molar-refractivity contribution in [3.63, 3.8) is 0 Å². The SMILES string of the molecule is Cc1ccc(O[C@@H]2CCCC[C@H]2NS(=O)(=O)c2ccc(C)cc2)cc1. The van der Waals surface area contributed by atoms with E-state index in [0.717, 1.165) is 37.0 Å². The smallest absolute Gasteiger partial charge is 0.240 e. The molecule has 0 unspecified atom stereocenters. The number of aryl methyl sites for hydroxylation is 2. The number of rotatable bonds is 5. The van der Waals surface area contributed by atoms with Gasteiger partial charge in [-0.3, -0.25) is 0 Å². The summed E-state index contributed by atoms with van der Waals surface area (Å²) >= 11 is 0. The molecule has 4 nitrogen and oxygen atoms in total. The van der Waals surface area contributed by atoms with Crippen molar-refractivity contribution in [1.82, 2.24) is 4.72 Å². The van der Waals surface area contributed by atoms with E-state index in [-0.39, 0.29) is 12.1 Å². The second kappa shape index (κ2) is 7.58. The molecule has 2 aromatic rings. The number of sulfonamides is 1. The van der Waals surface area contributed by atoms with Gasteiger partial charge in [0.25, 0.3) is 0 Å². The van der Waals surface area contributed by atoms with Gasteiger partial charge in [0.2, 0.25) is 10.0 Å². The minimum Gasteiger partial charge on any atom is -0.489 e. The first-order valence-electron chi connectivity index (χ1n) is 8.76. The quantitative estimate of drug-likeness (QED) is 0.879. The summed E-state index contributed by atoms with van der Waals surface area (Å²) in [6.07, 6.45) is 3.57. The highest BCUT2D eigenvalue weighted by atomic mass is 32.2. The largest absolute Gasteiger partial charge is 0.489 e. The van der Waals surface area contributed by atoms with Crippen LogP contribution >= 0.6 is 0 Å². The van der Waals surface area contributed by atoms with Crippen LogP contribution in [0.15, 0.2) is 53.4 Å². The zero-order chi connectivity index (χ0) is 17.9. The Bertz CT molecular complexity index is 798. The van der Waals surface area contributed by atoms with Crippen LogP contribution in [-0.2, 0) is 10.0 Å². The predicted octanol–water partition coefficient (Wildman–Crippen LogP) is 3.97. The normalized spacial score (nSPS) is 21.0. The first-order chi connectivity index (χ1) is 11.9. The maximum absolute atomic E-state index is 12.7. The first-order valence-corrected chi connectivity index (χ1v) is 10.2. The maximum atomic E-state index is 12.7. The Morgan fingerprint density at radius 3 is 2.08 bits per heavy atom.